The second kappa shape index (κ2) is 9.59. The fourth-order valence-electron chi connectivity index (χ4n) is 3.90. The molecule has 1 unspecified atom stereocenters. The number of fused-ring (bicyclic) bond motifs is 1. The third-order valence-electron chi connectivity index (χ3n) is 5.43. The number of hydrogen-bond acceptors (Lipinski definition) is 2. The van der Waals surface area contributed by atoms with E-state index in [4.69, 9.17) is 0 Å². The molecule has 29 heavy (non-hydrogen) atoms. The lowest BCUT2D eigenvalue weighted by Gasteiger charge is -2.29. The number of nitrogens with zero attached hydrogens (tertiary/aromatic N) is 1. The molecule has 5 heteroatoms. The predicted octanol–water partition coefficient (Wildman–Crippen LogP) is 4.03. The van der Waals surface area contributed by atoms with Crippen molar-refractivity contribution in [1.29, 1.82) is 0 Å². The molecule has 0 saturated carbocycles. The fraction of sp³-hybridized carbons (Fsp3) is 0.417. The number of rotatable bonds is 6. The SMILES string of the molecule is Cc1cc(C)cc(C(C)NC(=O)NCCCC(=O)N2CCc3ccccc3C2)c1. The number of nitrogens with one attached hydrogen (secondary N) is 2. The molecule has 2 aromatic carbocycles. The summed E-state index contributed by atoms with van der Waals surface area (Å²) < 4.78 is 0. The Kier molecular flexibility index (Phi) is 6.91. The molecule has 0 fully saturated rings. The van der Waals surface area contributed by atoms with Gasteiger partial charge < -0.3 is 15.5 Å². The van der Waals surface area contributed by atoms with Crippen LogP contribution in [0.5, 0.6) is 0 Å². The molecule has 1 aliphatic rings. The Bertz CT molecular complexity index is 858. The van der Waals surface area contributed by atoms with Gasteiger partial charge in [-0.15, -0.1) is 0 Å². The summed E-state index contributed by atoms with van der Waals surface area (Å²) >= 11 is 0. The molecule has 1 aliphatic heterocycles. The lowest BCUT2D eigenvalue weighted by atomic mass is 9.99. The number of carbonyl (C=O) groups excluding carboxylic acids is 2. The summed E-state index contributed by atoms with van der Waals surface area (Å²) in [6.07, 6.45) is 2.01. The maximum atomic E-state index is 12.5. The number of carbonyl (C=O) groups is 2. The summed E-state index contributed by atoms with van der Waals surface area (Å²) in [5.41, 5.74) is 6.05. The maximum absolute atomic E-state index is 12.5. The normalized spacial score (nSPS) is 14.1. The highest BCUT2D eigenvalue weighted by molar-refractivity contribution is 5.77. The van der Waals surface area contributed by atoms with Crippen LogP contribution in [0.4, 0.5) is 4.79 Å². The van der Waals surface area contributed by atoms with Gasteiger partial charge in [-0.2, -0.15) is 0 Å². The molecule has 0 saturated heterocycles. The molecule has 3 amide bonds. The zero-order chi connectivity index (χ0) is 20.8. The average Bonchev–Trinajstić information content (AvgIpc) is 2.70. The van der Waals surface area contributed by atoms with Crippen molar-refractivity contribution in [3.63, 3.8) is 0 Å². The lowest BCUT2D eigenvalue weighted by molar-refractivity contribution is -0.132. The quantitative estimate of drug-likeness (QED) is 0.728. The molecule has 0 radical (unpaired) electrons. The monoisotopic (exact) mass is 393 g/mol. The number of aryl methyl sites for hydroxylation is 2. The van der Waals surface area contributed by atoms with Crippen molar-refractivity contribution in [1.82, 2.24) is 15.5 Å². The second-order valence-corrected chi connectivity index (χ2v) is 7.98. The van der Waals surface area contributed by atoms with Gasteiger partial charge in [0.2, 0.25) is 5.91 Å². The number of benzene rings is 2. The maximum Gasteiger partial charge on any atom is 0.315 e. The third kappa shape index (κ3) is 5.83. The average molecular weight is 394 g/mol. The van der Waals surface area contributed by atoms with Gasteiger partial charge in [-0.05, 0) is 50.3 Å². The van der Waals surface area contributed by atoms with Crippen LogP contribution in [0.15, 0.2) is 42.5 Å². The van der Waals surface area contributed by atoms with Crippen LogP contribution in [0.1, 0.15) is 53.6 Å². The van der Waals surface area contributed by atoms with E-state index in [2.05, 4.69) is 54.8 Å². The summed E-state index contributed by atoms with van der Waals surface area (Å²) in [6.45, 7) is 8.04. The van der Waals surface area contributed by atoms with Gasteiger partial charge in [0, 0.05) is 26.1 Å². The number of hydrogen-bond donors (Lipinski definition) is 2. The van der Waals surface area contributed by atoms with Gasteiger partial charge in [0.1, 0.15) is 0 Å². The minimum Gasteiger partial charge on any atom is -0.338 e. The Labute approximate surface area is 173 Å². The summed E-state index contributed by atoms with van der Waals surface area (Å²) in [5, 5.41) is 5.83. The molecule has 0 bridgehead atoms. The van der Waals surface area contributed by atoms with Crippen LogP contribution in [-0.4, -0.2) is 29.9 Å². The molecular formula is C24H31N3O2. The second-order valence-electron chi connectivity index (χ2n) is 7.98. The molecule has 2 N–H and O–H groups in total. The first-order valence-electron chi connectivity index (χ1n) is 10.4. The van der Waals surface area contributed by atoms with Crippen LogP contribution in [0.3, 0.4) is 0 Å². The largest absolute Gasteiger partial charge is 0.338 e. The van der Waals surface area contributed by atoms with E-state index in [1.165, 1.54) is 22.3 Å². The molecule has 5 nitrogen and oxygen atoms in total. The van der Waals surface area contributed by atoms with Crippen molar-refractivity contribution in [3.8, 4) is 0 Å². The minimum atomic E-state index is -0.198. The Hall–Kier alpha value is -2.82. The van der Waals surface area contributed by atoms with E-state index >= 15 is 0 Å². The number of urea groups is 1. The third-order valence-corrected chi connectivity index (χ3v) is 5.43. The van der Waals surface area contributed by atoms with Crippen LogP contribution in [-0.2, 0) is 17.8 Å². The molecular weight excluding hydrogens is 362 g/mol. The van der Waals surface area contributed by atoms with Crippen molar-refractivity contribution in [2.45, 2.75) is 52.6 Å². The van der Waals surface area contributed by atoms with Crippen LogP contribution in [0.25, 0.3) is 0 Å². The first-order chi connectivity index (χ1) is 13.9. The van der Waals surface area contributed by atoms with Gasteiger partial charge in [-0.1, -0.05) is 53.6 Å². The minimum absolute atomic E-state index is 0.0661. The van der Waals surface area contributed by atoms with E-state index in [-0.39, 0.29) is 18.0 Å². The molecule has 0 aromatic heterocycles. The van der Waals surface area contributed by atoms with Crippen molar-refractivity contribution < 1.29 is 9.59 Å². The molecule has 0 spiro atoms. The Balaban J connectivity index is 1.38. The summed E-state index contributed by atoms with van der Waals surface area (Å²) in [4.78, 5) is 26.6. The Morgan fingerprint density at radius 1 is 1.07 bits per heavy atom. The van der Waals surface area contributed by atoms with E-state index < -0.39 is 0 Å². The first kappa shape index (κ1) is 20.9. The van der Waals surface area contributed by atoms with Crippen molar-refractivity contribution >= 4 is 11.9 Å². The van der Waals surface area contributed by atoms with Gasteiger partial charge in [0.25, 0.3) is 0 Å². The molecule has 2 aromatic rings. The Morgan fingerprint density at radius 2 is 1.76 bits per heavy atom. The topological polar surface area (TPSA) is 61.4 Å². The van der Waals surface area contributed by atoms with Gasteiger partial charge in [-0.3, -0.25) is 4.79 Å². The molecule has 154 valence electrons. The summed E-state index contributed by atoms with van der Waals surface area (Å²) in [5.74, 6) is 0.158. The fourth-order valence-corrected chi connectivity index (χ4v) is 3.90. The van der Waals surface area contributed by atoms with E-state index in [0.29, 0.717) is 25.9 Å². The van der Waals surface area contributed by atoms with Gasteiger partial charge in [0.05, 0.1) is 6.04 Å². The van der Waals surface area contributed by atoms with Crippen LogP contribution in [0.2, 0.25) is 0 Å². The number of amides is 3. The molecule has 1 heterocycles. The smallest absolute Gasteiger partial charge is 0.315 e. The molecule has 1 atom stereocenters. The predicted molar refractivity (Wildman–Crippen MR) is 116 cm³/mol. The van der Waals surface area contributed by atoms with Crippen LogP contribution < -0.4 is 10.6 Å². The van der Waals surface area contributed by atoms with E-state index in [1.807, 2.05) is 24.0 Å². The highest BCUT2D eigenvalue weighted by Gasteiger charge is 2.19. The van der Waals surface area contributed by atoms with Gasteiger partial charge >= 0.3 is 6.03 Å². The zero-order valence-electron chi connectivity index (χ0n) is 17.6. The summed E-state index contributed by atoms with van der Waals surface area (Å²) in [6, 6.07) is 14.3. The first-order valence-corrected chi connectivity index (χ1v) is 10.4. The van der Waals surface area contributed by atoms with Crippen molar-refractivity contribution in [3.05, 3.63) is 70.3 Å². The van der Waals surface area contributed by atoms with E-state index in [0.717, 1.165) is 18.5 Å². The zero-order valence-corrected chi connectivity index (χ0v) is 17.6. The standard InChI is InChI=1S/C24H31N3O2/c1-17-13-18(2)15-22(14-17)19(3)26-24(29)25-11-6-9-23(28)27-12-10-20-7-4-5-8-21(20)16-27/h4-5,7-8,13-15,19H,6,9-12,16H2,1-3H3,(H2,25,26,29). The molecule has 0 aliphatic carbocycles. The van der Waals surface area contributed by atoms with Crippen molar-refractivity contribution in [2.75, 3.05) is 13.1 Å². The highest BCUT2D eigenvalue weighted by Crippen LogP contribution is 2.19. The van der Waals surface area contributed by atoms with Gasteiger partial charge in [0.15, 0.2) is 0 Å². The van der Waals surface area contributed by atoms with E-state index in [9.17, 15) is 9.59 Å². The van der Waals surface area contributed by atoms with Crippen LogP contribution >= 0.6 is 0 Å². The molecule has 3 rings (SSSR count). The summed E-state index contributed by atoms with van der Waals surface area (Å²) in [7, 11) is 0. The van der Waals surface area contributed by atoms with Crippen molar-refractivity contribution in [2.24, 2.45) is 0 Å². The van der Waals surface area contributed by atoms with Crippen LogP contribution in [0, 0.1) is 13.8 Å². The highest BCUT2D eigenvalue weighted by atomic mass is 16.2. The van der Waals surface area contributed by atoms with Gasteiger partial charge in [-0.25, -0.2) is 4.79 Å². The van der Waals surface area contributed by atoms with E-state index in [1.54, 1.807) is 0 Å². The Morgan fingerprint density at radius 3 is 2.48 bits per heavy atom. The lowest BCUT2D eigenvalue weighted by Crippen LogP contribution is -2.38.